The minimum atomic E-state index is -1.24. The van der Waals surface area contributed by atoms with E-state index in [1.54, 1.807) is 12.3 Å². The number of nitrogens with zero attached hydrogens (tertiary/aromatic N) is 3. The van der Waals surface area contributed by atoms with Crippen LogP contribution in [0.2, 0.25) is 0 Å². The van der Waals surface area contributed by atoms with Crippen LogP contribution >= 0.6 is 11.8 Å². The smallest absolute Gasteiger partial charge is 0.187 e. The van der Waals surface area contributed by atoms with E-state index >= 15 is 0 Å². The second-order valence-corrected chi connectivity index (χ2v) is 6.77. The lowest BCUT2D eigenvalue weighted by Crippen LogP contribution is -2.25. The van der Waals surface area contributed by atoms with E-state index in [-0.39, 0.29) is 4.75 Å². The predicted octanol–water partition coefficient (Wildman–Crippen LogP) is 2.08. The van der Waals surface area contributed by atoms with E-state index in [0.717, 1.165) is 0 Å². The van der Waals surface area contributed by atoms with Gasteiger partial charge in [-0.05, 0) is 33.1 Å². The van der Waals surface area contributed by atoms with Gasteiger partial charge in [0, 0.05) is 6.20 Å². The van der Waals surface area contributed by atoms with Crippen molar-refractivity contribution in [3.63, 3.8) is 0 Å². The van der Waals surface area contributed by atoms with Gasteiger partial charge in [-0.25, -0.2) is 9.97 Å². The van der Waals surface area contributed by atoms with Crippen molar-refractivity contribution in [2.75, 3.05) is 6.26 Å². The molecule has 1 rings (SSSR count). The molecule has 0 fully saturated rings. The third-order valence-electron chi connectivity index (χ3n) is 1.64. The fourth-order valence-electron chi connectivity index (χ4n) is 0.784. The second-order valence-electron chi connectivity index (χ2n) is 4.06. The highest BCUT2D eigenvalue weighted by Crippen LogP contribution is 2.16. The zero-order chi connectivity index (χ0) is 12.2. The van der Waals surface area contributed by atoms with Crippen molar-refractivity contribution in [1.29, 1.82) is 0 Å². The summed E-state index contributed by atoms with van der Waals surface area (Å²) in [5.74, 6) is 0. The largest absolute Gasteiger partial charge is 0.591 e. The van der Waals surface area contributed by atoms with E-state index in [1.165, 1.54) is 18.0 Å². The minimum Gasteiger partial charge on any atom is -0.591 e. The Kier molecular flexibility index (Phi) is 4.76. The molecule has 0 aliphatic heterocycles. The molecule has 0 radical (unpaired) electrons. The summed E-state index contributed by atoms with van der Waals surface area (Å²) in [6.45, 7) is 5.65. The summed E-state index contributed by atoms with van der Waals surface area (Å²) in [4.78, 5) is 8.26. The first-order valence-corrected chi connectivity index (χ1v) is 7.10. The summed E-state index contributed by atoms with van der Waals surface area (Å²) in [6.07, 6.45) is 5.10. The number of hydrogen-bond donors (Lipinski definition) is 0. The van der Waals surface area contributed by atoms with E-state index in [0.29, 0.717) is 10.9 Å². The van der Waals surface area contributed by atoms with Gasteiger partial charge >= 0.3 is 0 Å². The summed E-state index contributed by atoms with van der Waals surface area (Å²) < 4.78 is 15.3. The average Bonchev–Trinajstić information content (AvgIpc) is 2.25. The Morgan fingerprint density at radius 2 is 2.19 bits per heavy atom. The molecule has 0 bridgehead atoms. The Hall–Kier alpha value is -0.590. The third-order valence-corrected chi connectivity index (χ3v) is 3.55. The van der Waals surface area contributed by atoms with Crippen molar-refractivity contribution >= 4 is 29.3 Å². The average molecular weight is 257 g/mol. The zero-order valence-electron chi connectivity index (χ0n) is 9.80. The fourth-order valence-corrected chi connectivity index (χ4v) is 1.67. The van der Waals surface area contributed by atoms with Crippen LogP contribution in [0.25, 0.3) is 0 Å². The molecule has 1 aromatic rings. The molecule has 88 valence electrons. The molecule has 1 atom stereocenters. The van der Waals surface area contributed by atoms with Crippen molar-refractivity contribution < 1.29 is 4.55 Å². The number of aromatic nitrogens is 2. The van der Waals surface area contributed by atoms with E-state index < -0.39 is 11.4 Å². The molecule has 0 aliphatic rings. The summed E-state index contributed by atoms with van der Waals surface area (Å²) in [7, 11) is 0. The highest BCUT2D eigenvalue weighted by molar-refractivity contribution is 7.98. The van der Waals surface area contributed by atoms with E-state index in [9.17, 15) is 4.55 Å². The molecule has 1 unspecified atom stereocenters. The maximum Gasteiger partial charge on any atom is 0.187 e. The molecule has 0 amide bonds. The van der Waals surface area contributed by atoms with E-state index in [2.05, 4.69) is 14.4 Å². The first-order chi connectivity index (χ1) is 7.43. The molecule has 0 aromatic carbocycles. The predicted molar refractivity (Wildman–Crippen MR) is 69.3 cm³/mol. The second kappa shape index (κ2) is 5.65. The molecule has 4 nitrogen and oxygen atoms in total. The SMILES string of the molecule is CSc1nccc(C=N[S+]([O-])C(C)(C)C)n1. The monoisotopic (exact) mass is 257 g/mol. The van der Waals surface area contributed by atoms with Crippen LogP contribution in [0.1, 0.15) is 26.5 Å². The summed E-state index contributed by atoms with van der Waals surface area (Å²) >= 11 is 0.219. The van der Waals surface area contributed by atoms with E-state index in [1.807, 2.05) is 27.0 Å². The number of thioether (sulfide) groups is 1. The molecular weight excluding hydrogens is 242 g/mol. The Labute approximate surface area is 103 Å². The van der Waals surface area contributed by atoms with Crippen molar-refractivity contribution in [3.8, 4) is 0 Å². The van der Waals surface area contributed by atoms with Gasteiger partial charge in [-0.2, -0.15) is 0 Å². The van der Waals surface area contributed by atoms with Crippen LogP contribution in [-0.4, -0.2) is 31.7 Å². The maximum absolute atomic E-state index is 11.7. The van der Waals surface area contributed by atoms with Crippen molar-refractivity contribution in [2.24, 2.45) is 4.40 Å². The molecule has 0 N–H and O–H groups in total. The van der Waals surface area contributed by atoms with Gasteiger partial charge in [0.25, 0.3) is 0 Å². The van der Waals surface area contributed by atoms with Crippen molar-refractivity contribution in [3.05, 3.63) is 18.0 Å². The Bertz CT molecular complexity index is 377. The summed E-state index contributed by atoms with van der Waals surface area (Å²) in [6, 6.07) is 1.74. The first-order valence-electron chi connectivity index (χ1n) is 4.76. The van der Waals surface area contributed by atoms with Gasteiger partial charge in [-0.3, -0.25) is 0 Å². The van der Waals surface area contributed by atoms with Crippen LogP contribution in [0, 0.1) is 0 Å². The molecule has 0 saturated heterocycles. The van der Waals surface area contributed by atoms with Crippen LogP contribution in [0.3, 0.4) is 0 Å². The lowest BCUT2D eigenvalue weighted by molar-refractivity contribution is 0.562. The Balaban J connectivity index is 2.76. The first kappa shape index (κ1) is 13.5. The van der Waals surface area contributed by atoms with Gasteiger partial charge in [-0.15, -0.1) is 0 Å². The molecule has 0 saturated carbocycles. The normalized spacial score (nSPS) is 14.3. The number of rotatable bonds is 3. The van der Waals surface area contributed by atoms with Crippen LogP contribution in [-0.2, 0) is 11.4 Å². The third kappa shape index (κ3) is 4.11. The lowest BCUT2D eigenvalue weighted by Gasteiger charge is -2.17. The summed E-state index contributed by atoms with van der Waals surface area (Å²) in [5.41, 5.74) is 0.678. The van der Waals surface area contributed by atoms with Gasteiger partial charge in [0.15, 0.2) is 5.16 Å². The summed E-state index contributed by atoms with van der Waals surface area (Å²) in [5, 5.41) is 0.686. The van der Waals surface area contributed by atoms with Crippen LogP contribution in [0.15, 0.2) is 21.8 Å². The molecule has 16 heavy (non-hydrogen) atoms. The van der Waals surface area contributed by atoms with Crippen LogP contribution in [0.4, 0.5) is 0 Å². The molecule has 1 aromatic heterocycles. The lowest BCUT2D eigenvalue weighted by atomic mass is 10.3. The van der Waals surface area contributed by atoms with Gasteiger partial charge in [0.1, 0.15) is 22.3 Å². The van der Waals surface area contributed by atoms with Gasteiger partial charge in [-0.1, -0.05) is 16.2 Å². The van der Waals surface area contributed by atoms with E-state index in [4.69, 9.17) is 0 Å². The highest BCUT2D eigenvalue weighted by Gasteiger charge is 2.25. The minimum absolute atomic E-state index is 0.341. The molecule has 6 heteroatoms. The maximum atomic E-state index is 11.7. The fraction of sp³-hybridized carbons (Fsp3) is 0.500. The van der Waals surface area contributed by atoms with Gasteiger partial charge < -0.3 is 4.55 Å². The van der Waals surface area contributed by atoms with Gasteiger partial charge in [0.05, 0.1) is 5.69 Å². The van der Waals surface area contributed by atoms with Crippen LogP contribution in [0.5, 0.6) is 0 Å². The highest BCUT2D eigenvalue weighted by atomic mass is 32.2. The molecule has 0 spiro atoms. The molecular formula is C10H15N3OS2. The van der Waals surface area contributed by atoms with Crippen molar-refractivity contribution in [2.45, 2.75) is 30.7 Å². The Morgan fingerprint density at radius 1 is 1.50 bits per heavy atom. The topological polar surface area (TPSA) is 61.2 Å². The van der Waals surface area contributed by atoms with Gasteiger partial charge in [0.2, 0.25) is 0 Å². The molecule has 1 heterocycles. The Morgan fingerprint density at radius 3 is 2.75 bits per heavy atom. The van der Waals surface area contributed by atoms with Crippen molar-refractivity contribution in [1.82, 2.24) is 9.97 Å². The zero-order valence-corrected chi connectivity index (χ0v) is 11.4. The quantitative estimate of drug-likeness (QED) is 0.360. The van der Waals surface area contributed by atoms with Crippen LogP contribution < -0.4 is 0 Å². The number of hydrogen-bond acceptors (Lipinski definition) is 5. The standard InChI is InChI=1S/C10H15N3OS2/c1-10(2,3)16(14)12-7-8-5-6-11-9(13-8)15-4/h5-7H,1-4H3. The molecule has 0 aliphatic carbocycles.